The number of thiophene rings is 1. The number of hydrogen-bond acceptors (Lipinski definition) is 10. The number of aryl methyl sites for hydroxylation is 1. The SMILES string of the molecule is Cc1cc(Nc2nc(NC3C[C@H]4CC(CCC#N)C[C@@H](C3)N4)nc3sc(CN4CCOCC4)cc23)n[nH]1. The highest BCUT2D eigenvalue weighted by molar-refractivity contribution is 7.18. The van der Waals surface area contributed by atoms with Crippen LogP contribution in [-0.2, 0) is 11.3 Å². The number of anilines is 3. The quantitative estimate of drug-likeness (QED) is 0.349. The van der Waals surface area contributed by atoms with Crippen LogP contribution in [0.4, 0.5) is 17.6 Å². The van der Waals surface area contributed by atoms with Crippen LogP contribution in [-0.4, -0.2) is 69.5 Å². The summed E-state index contributed by atoms with van der Waals surface area (Å²) in [4.78, 5) is 14.6. The molecule has 3 aliphatic rings. The molecule has 0 radical (unpaired) electrons. The van der Waals surface area contributed by atoms with E-state index >= 15 is 0 Å². The first-order valence-electron chi connectivity index (χ1n) is 13.4. The van der Waals surface area contributed by atoms with Crippen LogP contribution < -0.4 is 16.0 Å². The summed E-state index contributed by atoms with van der Waals surface area (Å²) in [6.45, 7) is 6.39. The molecule has 0 aromatic carbocycles. The molecule has 0 aliphatic carbocycles. The van der Waals surface area contributed by atoms with Crippen molar-refractivity contribution in [2.45, 2.75) is 70.1 Å². The fourth-order valence-electron chi connectivity index (χ4n) is 6.08. The third-order valence-electron chi connectivity index (χ3n) is 7.72. The molecule has 3 fully saturated rings. The Morgan fingerprint density at radius 2 is 1.97 bits per heavy atom. The molecular weight excluding hydrogens is 486 g/mol. The number of morpholine rings is 1. The molecule has 11 heteroatoms. The molecular formula is C26H35N9OS. The Morgan fingerprint density at radius 1 is 1.16 bits per heavy atom. The lowest BCUT2D eigenvalue weighted by Gasteiger charge is -2.43. The predicted octanol–water partition coefficient (Wildman–Crippen LogP) is 3.91. The molecule has 4 N–H and O–H groups in total. The predicted molar refractivity (Wildman–Crippen MR) is 145 cm³/mol. The van der Waals surface area contributed by atoms with E-state index in [0.717, 1.165) is 92.5 Å². The first kappa shape index (κ1) is 24.6. The van der Waals surface area contributed by atoms with Crippen molar-refractivity contribution in [2.24, 2.45) is 5.92 Å². The van der Waals surface area contributed by atoms with Crippen molar-refractivity contribution in [3.8, 4) is 6.07 Å². The van der Waals surface area contributed by atoms with Crippen molar-refractivity contribution >= 4 is 39.1 Å². The van der Waals surface area contributed by atoms with E-state index in [0.29, 0.717) is 36.4 Å². The molecule has 0 amide bonds. The summed E-state index contributed by atoms with van der Waals surface area (Å²) in [6.07, 6.45) is 6.09. The van der Waals surface area contributed by atoms with E-state index in [2.05, 4.69) is 43.2 Å². The van der Waals surface area contributed by atoms with Crippen molar-refractivity contribution in [2.75, 3.05) is 36.9 Å². The van der Waals surface area contributed by atoms with Crippen molar-refractivity contribution in [1.82, 2.24) is 30.4 Å². The Bertz CT molecular complexity index is 1250. The lowest BCUT2D eigenvalue weighted by atomic mass is 9.77. The molecule has 4 atom stereocenters. The van der Waals surface area contributed by atoms with Gasteiger partial charge < -0.3 is 20.7 Å². The van der Waals surface area contributed by atoms with Gasteiger partial charge in [0.25, 0.3) is 0 Å². The van der Waals surface area contributed by atoms with Gasteiger partial charge in [-0.2, -0.15) is 15.3 Å². The fraction of sp³-hybridized carbons (Fsp3) is 0.615. The Hall–Kier alpha value is -2.78. The van der Waals surface area contributed by atoms with E-state index in [9.17, 15) is 0 Å². The van der Waals surface area contributed by atoms with Crippen LogP contribution in [0.15, 0.2) is 12.1 Å². The molecule has 3 aromatic rings. The lowest BCUT2D eigenvalue weighted by molar-refractivity contribution is 0.0346. The zero-order valence-electron chi connectivity index (χ0n) is 21.3. The van der Waals surface area contributed by atoms with Crippen LogP contribution in [0.25, 0.3) is 10.2 Å². The summed E-state index contributed by atoms with van der Waals surface area (Å²) in [5.74, 6) is 2.87. The molecule has 2 bridgehead atoms. The fourth-order valence-corrected chi connectivity index (χ4v) is 7.15. The molecule has 37 heavy (non-hydrogen) atoms. The minimum Gasteiger partial charge on any atom is -0.379 e. The van der Waals surface area contributed by atoms with E-state index in [4.69, 9.17) is 20.0 Å². The summed E-state index contributed by atoms with van der Waals surface area (Å²) in [5, 5.41) is 28.3. The second-order valence-corrected chi connectivity index (χ2v) is 11.8. The Kier molecular flexibility index (Phi) is 7.24. The number of ether oxygens (including phenoxy) is 1. The van der Waals surface area contributed by atoms with E-state index in [-0.39, 0.29) is 0 Å². The number of H-pyrrole nitrogens is 1. The van der Waals surface area contributed by atoms with Gasteiger partial charge in [-0.15, -0.1) is 11.3 Å². The maximum absolute atomic E-state index is 8.97. The molecule has 0 spiro atoms. The summed E-state index contributed by atoms with van der Waals surface area (Å²) < 4.78 is 5.52. The van der Waals surface area contributed by atoms with Crippen LogP contribution >= 0.6 is 11.3 Å². The average Bonchev–Trinajstić information content (AvgIpc) is 3.48. The molecule has 2 unspecified atom stereocenters. The Labute approximate surface area is 221 Å². The van der Waals surface area contributed by atoms with Gasteiger partial charge in [0.2, 0.25) is 5.95 Å². The third kappa shape index (κ3) is 5.88. The minimum absolute atomic E-state index is 0.332. The summed E-state index contributed by atoms with van der Waals surface area (Å²) in [7, 11) is 0. The number of nitrogens with one attached hydrogen (secondary N) is 4. The highest BCUT2D eigenvalue weighted by Crippen LogP contribution is 2.35. The summed E-state index contributed by atoms with van der Waals surface area (Å²) >= 11 is 1.74. The second-order valence-electron chi connectivity index (χ2n) is 10.7. The van der Waals surface area contributed by atoms with Crippen LogP contribution in [0.3, 0.4) is 0 Å². The van der Waals surface area contributed by atoms with E-state index < -0.39 is 0 Å². The first-order chi connectivity index (χ1) is 18.1. The Balaban J connectivity index is 1.22. The van der Waals surface area contributed by atoms with Crippen molar-refractivity contribution in [1.29, 1.82) is 5.26 Å². The zero-order valence-corrected chi connectivity index (χ0v) is 22.1. The number of aromatic amines is 1. The monoisotopic (exact) mass is 521 g/mol. The number of rotatable bonds is 8. The van der Waals surface area contributed by atoms with Gasteiger partial charge in [-0.05, 0) is 51.0 Å². The van der Waals surface area contributed by atoms with Gasteiger partial charge in [0.1, 0.15) is 10.6 Å². The van der Waals surface area contributed by atoms with Gasteiger partial charge in [0.05, 0.1) is 24.7 Å². The van der Waals surface area contributed by atoms with Gasteiger partial charge in [0.15, 0.2) is 5.82 Å². The smallest absolute Gasteiger partial charge is 0.226 e. The first-order valence-corrected chi connectivity index (χ1v) is 14.2. The third-order valence-corrected chi connectivity index (χ3v) is 8.74. The largest absolute Gasteiger partial charge is 0.379 e. The number of nitrogens with zero attached hydrogens (tertiary/aromatic N) is 5. The highest BCUT2D eigenvalue weighted by Gasteiger charge is 2.35. The van der Waals surface area contributed by atoms with Crippen molar-refractivity contribution in [3.05, 3.63) is 22.7 Å². The summed E-state index contributed by atoms with van der Waals surface area (Å²) in [5.41, 5.74) is 0.999. The van der Waals surface area contributed by atoms with Gasteiger partial charge in [-0.1, -0.05) is 0 Å². The van der Waals surface area contributed by atoms with Crippen LogP contribution in [0.5, 0.6) is 0 Å². The van der Waals surface area contributed by atoms with Crippen LogP contribution in [0.1, 0.15) is 49.1 Å². The number of nitriles is 1. The molecule has 6 rings (SSSR count). The van der Waals surface area contributed by atoms with Gasteiger partial charge in [0, 0.05) is 60.8 Å². The normalized spacial score (nSPS) is 26.2. The lowest BCUT2D eigenvalue weighted by Crippen LogP contribution is -2.54. The highest BCUT2D eigenvalue weighted by atomic mass is 32.1. The number of fused-ring (bicyclic) bond motifs is 3. The second kappa shape index (κ2) is 10.9. The number of piperidine rings is 2. The molecule has 10 nitrogen and oxygen atoms in total. The van der Waals surface area contributed by atoms with Crippen molar-refractivity contribution < 1.29 is 4.74 Å². The zero-order chi connectivity index (χ0) is 25.2. The number of aromatic nitrogens is 4. The van der Waals surface area contributed by atoms with Crippen molar-refractivity contribution in [3.63, 3.8) is 0 Å². The van der Waals surface area contributed by atoms with Gasteiger partial charge in [-0.25, -0.2) is 4.98 Å². The maximum atomic E-state index is 8.97. The molecule has 3 aromatic heterocycles. The van der Waals surface area contributed by atoms with E-state index in [1.165, 1.54) is 4.88 Å². The maximum Gasteiger partial charge on any atom is 0.226 e. The van der Waals surface area contributed by atoms with Crippen LogP contribution in [0.2, 0.25) is 0 Å². The standard InChI is InChI=1S/C26H35N9OS/c1-16-9-23(34-33-16)30-24-22-14-21(15-35-5-7-36-8-6-35)37-25(22)32-26(31-24)29-20-12-18-10-17(3-2-4-27)11-19(13-20)28-18/h9,14,17-20,28H,2-3,5-8,10-13,15H2,1H3,(H3,29,30,31,32,33,34)/t17?,18-,19+,20?. The number of hydrogen-bond donors (Lipinski definition) is 4. The topological polar surface area (TPSA) is 127 Å². The average molecular weight is 522 g/mol. The summed E-state index contributed by atoms with van der Waals surface area (Å²) in [6, 6.07) is 7.83. The Morgan fingerprint density at radius 3 is 2.70 bits per heavy atom. The molecule has 0 saturated carbocycles. The molecule has 6 heterocycles. The van der Waals surface area contributed by atoms with Gasteiger partial charge in [-0.3, -0.25) is 10.00 Å². The molecule has 3 aliphatic heterocycles. The van der Waals surface area contributed by atoms with E-state index in [1.807, 2.05) is 13.0 Å². The molecule has 3 saturated heterocycles. The molecule has 196 valence electrons. The minimum atomic E-state index is 0.332. The van der Waals surface area contributed by atoms with Gasteiger partial charge >= 0.3 is 0 Å². The van der Waals surface area contributed by atoms with E-state index in [1.54, 1.807) is 11.3 Å². The van der Waals surface area contributed by atoms with Crippen LogP contribution in [0, 0.1) is 24.2 Å².